The summed E-state index contributed by atoms with van der Waals surface area (Å²) in [7, 11) is 0. The summed E-state index contributed by atoms with van der Waals surface area (Å²) >= 11 is 0. The summed E-state index contributed by atoms with van der Waals surface area (Å²) in [5, 5.41) is 0. The minimum Gasteiger partial charge on any atom is -0.490 e. The molecule has 2 heteroatoms. The second kappa shape index (κ2) is 4.24. The number of nitrogens with two attached hydrogens (primary N) is 1. The van der Waals surface area contributed by atoms with Crippen molar-refractivity contribution in [2.75, 3.05) is 6.54 Å². The Hall–Kier alpha value is -1.02. The van der Waals surface area contributed by atoms with Crippen LogP contribution in [0, 0.1) is 17.3 Å². The van der Waals surface area contributed by atoms with Gasteiger partial charge in [0.05, 0.1) is 0 Å². The first-order valence-electron chi connectivity index (χ1n) is 7.74. The summed E-state index contributed by atoms with van der Waals surface area (Å²) < 4.78 is 6.15. The van der Waals surface area contributed by atoms with Gasteiger partial charge in [0.1, 0.15) is 11.9 Å². The Morgan fingerprint density at radius 3 is 2.84 bits per heavy atom. The quantitative estimate of drug-likeness (QED) is 0.903. The predicted octanol–water partition coefficient (Wildman–Crippen LogP) is 3.15. The van der Waals surface area contributed by atoms with Crippen LogP contribution in [0.3, 0.4) is 0 Å². The van der Waals surface area contributed by atoms with E-state index in [2.05, 4.69) is 24.3 Å². The van der Waals surface area contributed by atoms with Gasteiger partial charge in [0.25, 0.3) is 0 Å². The van der Waals surface area contributed by atoms with Crippen LogP contribution in [-0.2, 0) is 6.42 Å². The predicted molar refractivity (Wildman–Crippen MR) is 76.1 cm³/mol. The van der Waals surface area contributed by atoms with Gasteiger partial charge in [-0.05, 0) is 61.1 Å². The Kier molecular flexibility index (Phi) is 2.63. The van der Waals surface area contributed by atoms with E-state index in [1.807, 2.05) is 0 Å². The summed E-state index contributed by atoms with van der Waals surface area (Å²) in [5.41, 5.74) is 7.95. The average Bonchev–Trinajstić information content (AvgIpc) is 3.11. The van der Waals surface area contributed by atoms with Crippen LogP contribution < -0.4 is 10.5 Å². The van der Waals surface area contributed by atoms with Crippen LogP contribution in [0.2, 0.25) is 0 Å². The lowest BCUT2D eigenvalue weighted by Gasteiger charge is -2.38. The van der Waals surface area contributed by atoms with Crippen molar-refractivity contribution in [3.63, 3.8) is 0 Å². The van der Waals surface area contributed by atoms with Gasteiger partial charge in [0.2, 0.25) is 0 Å². The van der Waals surface area contributed by atoms with Gasteiger partial charge in [-0.2, -0.15) is 0 Å². The molecule has 0 amide bonds. The number of hydrogen-bond acceptors (Lipinski definition) is 2. The van der Waals surface area contributed by atoms with Crippen molar-refractivity contribution < 1.29 is 4.74 Å². The second-order valence-corrected chi connectivity index (χ2v) is 6.90. The van der Waals surface area contributed by atoms with Crippen LogP contribution in [0.5, 0.6) is 5.75 Å². The Labute approximate surface area is 115 Å². The van der Waals surface area contributed by atoms with Crippen molar-refractivity contribution in [3.8, 4) is 5.75 Å². The van der Waals surface area contributed by atoms with Crippen LogP contribution in [0.15, 0.2) is 24.3 Å². The van der Waals surface area contributed by atoms with E-state index >= 15 is 0 Å². The maximum absolute atomic E-state index is 6.18. The van der Waals surface area contributed by atoms with Gasteiger partial charge in [-0.3, -0.25) is 0 Å². The summed E-state index contributed by atoms with van der Waals surface area (Å²) in [6, 6.07) is 8.48. The zero-order valence-electron chi connectivity index (χ0n) is 11.5. The number of fused-ring (bicyclic) bond motifs is 3. The Morgan fingerprint density at radius 2 is 2.16 bits per heavy atom. The van der Waals surface area contributed by atoms with Gasteiger partial charge in [-0.1, -0.05) is 24.6 Å². The van der Waals surface area contributed by atoms with Gasteiger partial charge in [0.15, 0.2) is 0 Å². The molecule has 2 aliphatic carbocycles. The third kappa shape index (κ3) is 1.80. The van der Waals surface area contributed by atoms with Crippen LogP contribution in [0.4, 0.5) is 0 Å². The normalized spacial score (nSPS) is 39.3. The maximum atomic E-state index is 6.18. The molecule has 4 unspecified atom stereocenters. The van der Waals surface area contributed by atoms with Crippen molar-refractivity contribution in [2.45, 2.75) is 44.6 Å². The monoisotopic (exact) mass is 257 g/mol. The van der Waals surface area contributed by atoms with E-state index in [0.29, 0.717) is 11.5 Å². The van der Waals surface area contributed by atoms with Crippen molar-refractivity contribution >= 4 is 0 Å². The van der Waals surface area contributed by atoms with E-state index in [1.165, 1.54) is 37.7 Å². The number of hydrogen-bond donors (Lipinski definition) is 1. The first-order valence-corrected chi connectivity index (χ1v) is 7.74. The molecule has 0 radical (unpaired) electrons. The summed E-state index contributed by atoms with van der Waals surface area (Å²) in [6.07, 6.45) is 8.23. The molecule has 1 aromatic carbocycles. The van der Waals surface area contributed by atoms with Crippen molar-refractivity contribution in [1.82, 2.24) is 0 Å². The molecular formula is C17H23NO. The molecule has 0 saturated heterocycles. The molecule has 0 aromatic heterocycles. The molecule has 0 spiro atoms. The molecule has 2 fully saturated rings. The third-order valence-electron chi connectivity index (χ3n) is 5.86. The van der Waals surface area contributed by atoms with Crippen molar-refractivity contribution in [1.29, 1.82) is 0 Å². The molecule has 3 aliphatic rings. The van der Waals surface area contributed by atoms with E-state index in [4.69, 9.17) is 10.5 Å². The van der Waals surface area contributed by atoms with Crippen LogP contribution in [0.25, 0.3) is 0 Å². The minimum absolute atomic E-state index is 0.361. The van der Waals surface area contributed by atoms with E-state index in [1.54, 1.807) is 0 Å². The van der Waals surface area contributed by atoms with E-state index in [-0.39, 0.29) is 0 Å². The summed E-state index contributed by atoms with van der Waals surface area (Å²) in [4.78, 5) is 0. The van der Waals surface area contributed by atoms with E-state index in [9.17, 15) is 0 Å². The first kappa shape index (κ1) is 11.8. The Morgan fingerprint density at radius 1 is 1.26 bits per heavy atom. The standard InChI is InChI=1S/C17H23NO/c18-11-17(9-12-5-6-14(17)7-12)10-15-8-13-3-1-2-4-16(13)19-15/h1-4,12,14-15H,5-11,18H2. The molecule has 19 heavy (non-hydrogen) atoms. The smallest absolute Gasteiger partial charge is 0.123 e. The Bertz CT molecular complexity index is 461. The first-order chi connectivity index (χ1) is 9.29. The fourth-order valence-electron chi connectivity index (χ4n) is 4.96. The zero-order chi connectivity index (χ0) is 12.9. The maximum Gasteiger partial charge on any atom is 0.123 e. The van der Waals surface area contributed by atoms with Crippen molar-refractivity contribution in [3.05, 3.63) is 29.8 Å². The zero-order valence-corrected chi connectivity index (χ0v) is 11.5. The molecule has 2 N–H and O–H groups in total. The molecule has 2 saturated carbocycles. The molecule has 2 bridgehead atoms. The van der Waals surface area contributed by atoms with E-state index in [0.717, 1.165) is 30.6 Å². The second-order valence-electron chi connectivity index (χ2n) is 6.90. The fourth-order valence-corrected chi connectivity index (χ4v) is 4.96. The van der Waals surface area contributed by atoms with Crippen LogP contribution in [-0.4, -0.2) is 12.6 Å². The number of para-hydroxylation sites is 1. The van der Waals surface area contributed by atoms with Gasteiger partial charge >= 0.3 is 0 Å². The summed E-state index contributed by atoms with van der Waals surface area (Å²) in [5.74, 6) is 2.93. The van der Waals surface area contributed by atoms with Crippen molar-refractivity contribution in [2.24, 2.45) is 23.0 Å². The Balaban J connectivity index is 1.51. The van der Waals surface area contributed by atoms with Gasteiger partial charge in [0, 0.05) is 6.42 Å². The highest BCUT2D eigenvalue weighted by Crippen LogP contribution is 2.58. The summed E-state index contributed by atoms with van der Waals surface area (Å²) in [6.45, 7) is 0.852. The lowest BCUT2D eigenvalue weighted by Crippen LogP contribution is -2.40. The SMILES string of the molecule is NCC1(CC2Cc3ccccc3O2)CC2CCC1C2. The topological polar surface area (TPSA) is 35.2 Å². The molecule has 1 aliphatic heterocycles. The molecule has 1 heterocycles. The molecular weight excluding hydrogens is 234 g/mol. The molecule has 4 rings (SSSR count). The highest BCUT2D eigenvalue weighted by molar-refractivity contribution is 5.37. The highest BCUT2D eigenvalue weighted by atomic mass is 16.5. The molecule has 2 nitrogen and oxygen atoms in total. The number of benzene rings is 1. The highest BCUT2D eigenvalue weighted by Gasteiger charge is 2.51. The lowest BCUT2D eigenvalue weighted by molar-refractivity contribution is 0.0876. The average molecular weight is 257 g/mol. The van der Waals surface area contributed by atoms with Gasteiger partial charge in [-0.15, -0.1) is 0 Å². The van der Waals surface area contributed by atoms with Crippen LogP contribution in [0.1, 0.15) is 37.7 Å². The third-order valence-corrected chi connectivity index (χ3v) is 5.86. The number of rotatable bonds is 3. The fraction of sp³-hybridized carbons (Fsp3) is 0.647. The number of ether oxygens (including phenoxy) is 1. The molecule has 102 valence electrons. The lowest BCUT2D eigenvalue weighted by atomic mass is 9.69. The largest absolute Gasteiger partial charge is 0.490 e. The minimum atomic E-state index is 0.361. The van der Waals surface area contributed by atoms with E-state index < -0.39 is 0 Å². The van der Waals surface area contributed by atoms with Crippen LogP contribution >= 0.6 is 0 Å². The van der Waals surface area contributed by atoms with Gasteiger partial charge < -0.3 is 10.5 Å². The van der Waals surface area contributed by atoms with Gasteiger partial charge in [-0.25, -0.2) is 0 Å². The molecule has 4 atom stereocenters. The molecule has 1 aromatic rings.